The van der Waals surface area contributed by atoms with E-state index in [0.29, 0.717) is 12.5 Å². The number of pyridine rings is 1. The maximum absolute atomic E-state index is 11.7. The lowest BCUT2D eigenvalue weighted by Gasteiger charge is -2.21. The van der Waals surface area contributed by atoms with Crippen molar-refractivity contribution in [2.24, 2.45) is 5.92 Å². The van der Waals surface area contributed by atoms with Crippen molar-refractivity contribution in [3.63, 3.8) is 0 Å². The molecule has 0 aliphatic heterocycles. The van der Waals surface area contributed by atoms with E-state index in [1.54, 1.807) is 0 Å². The Labute approximate surface area is 122 Å². The number of nitrogens with one attached hydrogen (secondary N) is 2. The lowest BCUT2D eigenvalue weighted by molar-refractivity contribution is -0.124. The molecule has 1 aromatic rings. The zero-order valence-corrected chi connectivity index (χ0v) is 11.9. The summed E-state index contributed by atoms with van der Waals surface area (Å²) in [7, 11) is 0. The van der Waals surface area contributed by atoms with Gasteiger partial charge in [0.1, 0.15) is 5.56 Å². The van der Waals surface area contributed by atoms with E-state index in [1.165, 1.54) is 37.6 Å². The molecule has 0 spiro atoms. The number of ether oxygens (including phenoxy) is 1. The fourth-order valence-electron chi connectivity index (χ4n) is 2.49. The van der Waals surface area contributed by atoms with Gasteiger partial charge < -0.3 is 15.0 Å². The van der Waals surface area contributed by atoms with Crippen molar-refractivity contribution >= 4 is 11.9 Å². The average Bonchev–Trinajstić information content (AvgIpc) is 2.52. The maximum Gasteiger partial charge on any atom is 0.344 e. The van der Waals surface area contributed by atoms with Crippen LogP contribution in [0.1, 0.15) is 42.5 Å². The molecular weight excluding hydrogens is 272 g/mol. The van der Waals surface area contributed by atoms with Gasteiger partial charge in [0.05, 0.1) is 0 Å². The molecule has 1 fully saturated rings. The first-order chi connectivity index (χ1) is 10.2. The number of carbonyl (C=O) groups excluding carboxylic acids is 2. The summed E-state index contributed by atoms with van der Waals surface area (Å²) in [5.74, 6) is -0.596. The van der Waals surface area contributed by atoms with Gasteiger partial charge in [0.25, 0.3) is 11.5 Å². The lowest BCUT2D eigenvalue weighted by Crippen LogP contribution is -2.34. The molecule has 1 amide bonds. The molecule has 114 valence electrons. The van der Waals surface area contributed by atoms with Crippen LogP contribution in [0.15, 0.2) is 23.1 Å². The highest BCUT2D eigenvalue weighted by Crippen LogP contribution is 2.22. The molecule has 0 aromatic carbocycles. The number of rotatable bonds is 5. The van der Waals surface area contributed by atoms with Gasteiger partial charge in [-0.25, -0.2) is 4.79 Å². The van der Waals surface area contributed by atoms with Crippen LogP contribution in [-0.4, -0.2) is 30.0 Å². The summed E-state index contributed by atoms with van der Waals surface area (Å²) in [6, 6.07) is 2.89. The minimum absolute atomic E-state index is 0.0995. The number of H-pyrrole nitrogens is 1. The molecule has 0 saturated heterocycles. The zero-order chi connectivity index (χ0) is 15.1. The van der Waals surface area contributed by atoms with Gasteiger partial charge in [-0.05, 0) is 30.9 Å². The number of esters is 1. The number of aromatic amines is 1. The van der Waals surface area contributed by atoms with E-state index in [-0.39, 0.29) is 18.1 Å². The van der Waals surface area contributed by atoms with E-state index in [2.05, 4.69) is 10.3 Å². The van der Waals surface area contributed by atoms with Crippen molar-refractivity contribution in [3.05, 3.63) is 34.2 Å². The SMILES string of the molecule is O=C(COC(=O)c1ccc[nH]c1=O)NCC1CCCCC1. The molecule has 0 radical (unpaired) electrons. The van der Waals surface area contributed by atoms with Gasteiger partial charge in [-0.3, -0.25) is 9.59 Å². The molecule has 1 aromatic heterocycles. The molecule has 2 rings (SSSR count). The normalized spacial score (nSPS) is 15.4. The topological polar surface area (TPSA) is 88.3 Å². The second kappa shape index (κ2) is 7.61. The molecule has 6 nitrogen and oxygen atoms in total. The van der Waals surface area contributed by atoms with E-state index in [9.17, 15) is 14.4 Å². The Balaban J connectivity index is 1.72. The number of carbonyl (C=O) groups is 2. The van der Waals surface area contributed by atoms with Gasteiger partial charge in [-0.15, -0.1) is 0 Å². The lowest BCUT2D eigenvalue weighted by atomic mass is 9.89. The summed E-state index contributed by atoms with van der Waals surface area (Å²) in [5.41, 5.74) is -0.623. The van der Waals surface area contributed by atoms with Crippen LogP contribution in [0, 0.1) is 5.92 Å². The van der Waals surface area contributed by atoms with Crippen molar-refractivity contribution < 1.29 is 14.3 Å². The Hall–Kier alpha value is -2.11. The Morgan fingerprint density at radius 3 is 2.76 bits per heavy atom. The van der Waals surface area contributed by atoms with Crippen molar-refractivity contribution in [2.75, 3.05) is 13.2 Å². The number of hydrogen-bond donors (Lipinski definition) is 2. The van der Waals surface area contributed by atoms with Crippen LogP contribution in [0.25, 0.3) is 0 Å². The minimum Gasteiger partial charge on any atom is -0.452 e. The monoisotopic (exact) mass is 292 g/mol. The van der Waals surface area contributed by atoms with Gasteiger partial charge in [0.2, 0.25) is 0 Å². The first kappa shape index (κ1) is 15.3. The Bertz CT molecular complexity index is 547. The van der Waals surface area contributed by atoms with Gasteiger partial charge in [-0.1, -0.05) is 19.3 Å². The first-order valence-electron chi connectivity index (χ1n) is 7.28. The van der Waals surface area contributed by atoms with Gasteiger partial charge in [-0.2, -0.15) is 0 Å². The van der Waals surface area contributed by atoms with Crippen molar-refractivity contribution in [3.8, 4) is 0 Å². The molecular formula is C15H20N2O4. The Morgan fingerprint density at radius 1 is 1.29 bits per heavy atom. The molecule has 1 aliphatic rings. The fourth-order valence-corrected chi connectivity index (χ4v) is 2.49. The summed E-state index contributed by atoms with van der Waals surface area (Å²) >= 11 is 0. The largest absolute Gasteiger partial charge is 0.452 e. The van der Waals surface area contributed by atoms with Crippen LogP contribution in [0.5, 0.6) is 0 Å². The molecule has 1 saturated carbocycles. The van der Waals surface area contributed by atoms with Crippen molar-refractivity contribution in [2.45, 2.75) is 32.1 Å². The van der Waals surface area contributed by atoms with Gasteiger partial charge in [0, 0.05) is 12.7 Å². The second-order valence-electron chi connectivity index (χ2n) is 5.30. The molecule has 0 bridgehead atoms. The molecule has 6 heteroatoms. The molecule has 0 atom stereocenters. The van der Waals surface area contributed by atoms with E-state index < -0.39 is 11.5 Å². The van der Waals surface area contributed by atoms with Gasteiger partial charge in [0.15, 0.2) is 6.61 Å². The Morgan fingerprint density at radius 2 is 2.05 bits per heavy atom. The van der Waals surface area contributed by atoms with E-state index in [4.69, 9.17) is 4.74 Å². The summed E-state index contributed by atoms with van der Waals surface area (Å²) in [6.45, 7) is 0.266. The minimum atomic E-state index is -0.787. The zero-order valence-electron chi connectivity index (χ0n) is 11.9. The molecule has 21 heavy (non-hydrogen) atoms. The van der Waals surface area contributed by atoms with Crippen LogP contribution in [-0.2, 0) is 9.53 Å². The van der Waals surface area contributed by atoms with E-state index >= 15 is 0 Å². The molecule has 2 N–H and O–H groups in total. The van der Waals surface area contributed by atoms with Crippen molar-refractivity contribution in [1.29, 1.82) is 0 Å². The number of amides is 1. The second-order valence-corrected chi connectivity index (χ2v) is 5.30. The summed E-state index contributed by atoms with van der Waals surface area (Å²) < 4.78 is 4.84. The predicted molar refractivity (Wildman–Crippen MR) is 76.9 cm³/mol. The maximum atomic E-state index is 11.7. The standard InChI is InChI=1S/C15H20N2O4/c18-13(17-9-11-5-2-1-3-6-11)10-21-15(20)12-7-4-8-16-14(12)19/h4,7-8,11H,1-3,5-6,9-10H2,(H,16,19)(H,17,18). The summed E-state index contributed by atoms with van der Waals surface area (Å²) in [4.78, 5) is 37.0. The third kappa shape index (κ3) is 4.73. The van der Waals surface area contributed by atoms with Crippen LogP contribution in [0.2, 0.25) is 0 Å². The highest BCUT2D eigenvalue weighted by atomic mass is 16.5. The quantitative estimate of drug-likeness (QED) is 0.799. The predicted octanol–water partition coefficient (Wildman–Crippen LogP) is 1.23. The third-order valence-corrected chi connectivity index (χ3v) is 3.69. The molecule has 0 unspecified atom stereocenters. The highest BCUT2D eigenvalue weighted by Gasteiger charge is 2.16. The van der Waals surface area contributed by atoms with E-state index in [0.717, 1.165) is 12.8 Å². The Kier molecular flexibility index (Phi) is 5.54. The third-order valence-electron chi connectivity index (χ3n) is 3.69. The smallest absolute Gasteiger partial charge is 0.344 e. The van der Waals surface area contributed by atoms with Crippen LogP contribution in [0.4, 0.5) is 0 Å². The number of aromatic nitrogens is 1. The average molecular weight is 292 g/mol. The number of hydrogen-bond acceptors (Lipinski definition) is 4. The van der Waals surface area contributed by atoms with Crippen LogP contribution in [0.3, 0.4) is 0 Å². The van der Waals surface area contributed by atoms with E-state index in [1.807, 2.05) is 0 Å². The fraction of sp³-hybridized carbons (Fsp3) is 0.533. The first-order valence-corrected chi connectivity index (χ1v) is 7.28. The summed E-state index contributed by atoms with van der Waals surface area (Å²) in [5, 5.41) is 2.77. The van der Waals surface area contributed by atoms with Crippen molar-refractivity contribution in [1.82, 2.24) is 10.3 Å². The van der Waals surface area contributed by atoms with Gasteiger partial charge >= 0.3 is 5.97 Å². The molecule has 1 heterocycles. The van der Waals surface area contributed by atoms with Crippen LogP contribution >= 0.6 is 0 Å². The molecule has 1 aliphatic carbocycles. The summed E-state index contributed by atoms with van der Waals surface area (Å²) in [6.07, 6.45) is 7.40. The highest BCUT2D eigenvalue weighted by molar-refractivity contribution is 5.90. The van der Waals surface area contributed by atoms with Crippen LogP contribution < -0.4 is 10.9 Å².